The summed E-state index contributed by atoms with van der Waals surface area (Å²) < 4.78 is 2.23. The Morgan fingerprint density at radius 1 is 1.11 bits per heavy atom. The molecule has 0 heterocycles. The first kappa shape index (κ1) is 15.1. The average molecular weight is 401 g/mol. The summed E-state index contributed by atoms with van der Waals surface area (Å²) in [5, 5.41) is 0. The van der Waals surface area contributed by atoms with E-state index in [1.54, 1.807) is 11.8 Å². The number of nitrogens with two attached hydrogens (primary N) is 1. The third-order valence-electron chi connectivity index (χ3n) is 2.60. The van der Waals surface area contributed by atoms with Gasteiger partial charge in [0, 0.05) is 24.8 Å². The zero-order valence-corrected chi connectivity index (χ0v) is 14.6. The summed E-state index contributed by atoms with van der Waals surface area (Å²) in [6, 6.07) is 14.9. The van der Waals surface area contributed by atoms with Gasteiger partial charge in [-0.3, -0.25) is 0 Å². The van der Waals surface area contributed by atoms with Gasteiger partial charge in [0.15, 0.2) is 0 Å². The average Bonchev–Trinajstić information content (AvgIpc) is 2.32. The number of halogens is 2. The Hall–Kier alpha value is -0.290. The van der Waals surface area contributed by atoms with Crippen molar-refractivity contribution < 1.29 is 0 Å². The van der Waals surface area contributed by atoms with Crippen LogP contribution in [0, 0.1) is 0 Å². The molecule has 0 saturated carbocycles. The van der Waals surface area contributed by atoms with Crippen LogP contribution in [0.4, 0.5) is 0 Å². The molecule has 2 rings (SSSR count). The summed E-state index contributed by atoms with van der Waals surface area (Å²) in [7, 11) is 0. The molecule has 1 nitrogen and oxygen atoms in total. The summed E-state index contributed by atoms with van der Waals surface area (Å²) in [6.45, 7) is 2.02. The van der Waals surface area contributed by atoms with E-state index < -0.39 is 0 Å². The maximum Gasteiger partial charge on any atom is 0.0219 e. The quantitative estimate of drug-likeness (QED) is 0.757. The highest BCUT2D eigenvalue weighted by atomic mass is 79.9. The predicted octanol–water partition coefficient (Wildman–Crippen LogP) is 5.25. The zero-order valence-electron chi connectivity index (χ0n) is 10.6. The van der Waals surface area contributed by atoms with Crippen molar-refractivity contribution in [2.45, 2.75) is 29.2 Å². The van der Waals surface area contributed by atoms with Crippen molar-refractivity contribution in [2.75, 3.05) is 0 Å². The molecule has 1 atom stereocenters. The van der Waals surface area contributed by atoms with Crippen LogP contribution in [0.1, 0.15) is 12.5 Å². The van der Waals surface area contributed by atoms with Crippen molar-refractivity contribution >= 4 is 43.6 Å². The first-order valence-electron chi connectivity index (χ1n) is 6.02. The smallest absolute Gasteiger partial charge is 0.0219 e. The molecule has 0 bridgehead atoms. The molecule has 19 heavy (non-hydrogen) atoms. The maximum atomic E-state index is 5.84. The first-order chi connectivity index (χ1) is 9.04. The van der Waals surface area contributed by atoms with E-state index in [1.807, 2.05) is 19.1 Å². The summed E-state index contributed by atoms with van der Waals surface area (Å²) in [4.78, 5) is 2.44. The zero-order chi connectivity index (χ0) is 13.8. The minimum Gasteiger partial charge on any atom is -0.328 e. The van der Waals surface area contributed by atoms with Gasteiger partial charge in [-0.1, -0.05) is 55.8 Å². The van der Waals surface area contributed by atoms with Gasteiger partial charge in [-0.2, -0.15) is 0 Å². The lowest BCUT2D eigenvalue weighted by Gasteiger charge is -2.09. The SMILES string of the molecule is CC(N)Cc1ccc(Sc2cccc(Br)c2)cc1Br. The fraction of sp³-hybridized carbons (Fsp3) is 0.200. The van der Waals surface area contributed by atoms with Crippen LogP contribution in [0.3, 0.4) is 0 Å². The molecule has 0 spiro atoms. The number of hydrogen-bond acceptors (Lipinski definition) is 2. The number of benzene rings is 2. The molecule has 0 aliphatic carbocycles. The van der Waals surface area contributed by atoms with Crippen molar-refractivity contribution in [1.29, 1.82) is 0 Å². The lowest BCUT2D eigenvalue weighted by Crippen LogP contribution is -2.17. The van der Waals surface area contributed by atoms with Gasteiger partial charge in [-0.25, -0.2) is 0 Å². The lowest BCUT2D eigenvalue weighted by molar-refractivity contribution is 0.735. The molecule has 2 aromatic carbocycles. The molecule has 2 aromatic rings. The van der Waals surface area contributed by atoms with Crippen molar-refractivity contribution in [3.8, 4) is 0 Å². The second kappa shape index (κ2) is 6.93. The Bertz CT molecular complexity index is 570. The first-order valence-corrected chi connectivity index (χ1v) is 8.42. The van der Waals surface area contributed by atoms with Crippen molar-refractivity contribution in [3.63, 3.8) is 0 Å². The van der Waals surface area contributed by atoms with E-state index in [-0.39, 0.29) is 6.04 Å². The topological polar surface area (TPSA) is 26.0 Å². The van der Waals surface area contributed by atoms with Gasteiger partial charge in [0.2, 0.25) is 0 Å². The Kier molecular flexibility index (Phi) is 5.51. The van der Waals surface area contributed by atoms with Crippen LogP contribution >= 0.6 is 43.6 Å². The minimum absolute atomic E-state index is 0.180. The third-order valence-corrected chi connectivity index (χ3v) is 4.81. The predicted molar refractivity (Wildman–Crippen MR) is 89.8 cm³/mol. The van der Waals surface area contributed by atoms with E-state index in [0.29, 0.717) is 0 Å². The van der Waals surface area contributed by atoms with Gasteiger partial charge in [-0.05, 0) is 49.2 Å². The second-order valence-electron chi connectivity index (χ2n) is 4.49. The van der Waals surface area contributed by atoms with Crippen molar-refractivity contribution in [3.05, 3.63) is 57.0 Å². The third kappa shape index (κ3) is 4.63. The van der Waals surface area contributed by atoms with Gasteiger partial charge >= 0.3 is 0 Å². The Labute approximate surface area is 135 Å². The van der Waals surface area contributed by atoms with Crippen LogP contribution in [0.15, 0.2) is 61.2 Å². The Balaban J connectivity index is 2.16. The summed E-state index contributed by atoms with van der Waals surface area (Å²) >= 11 is 8.87. The van der Waals surface area contributed by atoms with E-state index >= 15 is 0 Å². The molecular formula is C15H15Br2NS. The van der Waals surface area contributed by atoms with Gasteiger partial charge in [-0.15, -0.1) is 0 Å². The van der Waals surface area contributed by atoms with Gasteiger partial charge in [0.25, 0.3) is 0 Å². The molecule has 2 N–H and O–H groups in total. The highest BCUT2D eigenvalue weighted by Gasteiger charge is 2.05. The normalized spacial score (nSPS) is 12.4. The molecule has 0 aliphatic heterocycles. The molecular weight excluding hydrogens is 386 g/mol. The highest BCUT2D eigenvalue weighted by molar-refractivity contribution is 9.10. The van der Waals surface area contributed by atoms with Gasteiger partial charge in [0.1, 0.15) is 0 Å². The molecule has 0 saturated heterocycles. The standard InChI is InChI=1S/C15H15Br2NS/c1-10(18)7-11-5-6-14(9-15(11)17)19-13-4-2-3-12(16)8-13/h2-6,8-10H,7,18H2,1H3. The van der Waals surface area contributed by atoms with E-state index in [9.17, 15) is 0 Å². The summed E-state index contributed by atoms with van der Waals surface area (Å²) in [6.07, 6.45) is 0.891. The van der Waals surface area contributed by atoms with Crippen LogP contribution in [-0.2, 0) is 6.42 Å². The Morgan fingerprint density at radius 3 is 2.47 bits per heavy atom. The number of rotatable bonds is 4. The van der Waals surface area contributed by atoms with E-state index in [4.69, 9.17) is 5.73 Å². The van der Waals surface area contributed by atoms with Crippen molar-refractivity contribution in [2.24, 2.45) is 5.73 Å². The van der Waals surface area contributed by atoms with Gasteiger partial charge in [0.05, 0.1) is 0 Å². The molecule has 0 fully saturated rings. The number of hydrogen-bond donors (Lipinski definition) is 1. The molecule has 100 valence electrons. The van der Waals surface area contributed by atoms with Crippen LogP contribution in [0.5, 0.6) is 0 Å². The largest absolute Gasteiger partial charge is 0.328 e. The second-order valence-corrected chi connectivity index (χ2v) is 7.41. The maximum absolute atomic E-state index is 5.84. The summed E-state index contributed by atoms with van der Waals surface area (Å²) in [5.41, 5.74) is 7.10. The van der Waals surface area contributed by atoms with E-state index in [0.717, 1.165) is 15.4 Å². The molecule has 1 unspecified atom stereocenters. The Morgan fingerprint density at radius 2 is 1.84 bits per heavy atom. The van der Waals surface area contributed by atoms with Crippen LogP contribution < -0.4 is 5.73 Å². The van der Waals surface area contributed by atoms with Gasteiger partial charge < -0.3 is 5.73 Å². The van der Waals surface area contributed by atoms with Crippen LogP contribution in [-0.4, -0.2) is 6.04 Å². The summed E-state index contributed by atoms with van der Waals surface area (Å²) in [5.74, 6) is 0. The molecule has 0 amide bonds. The van der Waals surface area contributed by atoms with E-state index in [1.165, 1.54) is 15.4 Å². The minimum atomic E-state index is 0.180. The monoisotopic (exact) mass is 399 g/mol. The molecule has 0 aliphatic rings. The molecule has 0 radical (unpaired) electrons. The van der Waals surface area contributed by atoms with Crippen molar-refractivity contribution in [1.82, 2.24) is 0 Å². The fourth-order valence-electron chi connectivity index (χ4n) is 1.77. The fourth-order valence-corrected chi connectivity index (χ4v) is 3.93. The van der Waals surface area contributed by atoms with E-state index in [2.05, 4.69) is 62.2 Å². The lowest BCUT2D eigenvalue weighted by atomic mass is 10.1. The highest BCUT2D eigenvalue weighted by Crippen LogP contribution is 2.32. The van der Waals surface area contributed by atoms with Crippen LogP contribution in [0.2, 0.25) is 0 Å². The molecule has 0 aromatic heterocycles. The molecule has 4 heteroatoms. The van der Waals surface area contributed by atoms with Crippen LogP contribution in [0.25, 0.3) is 0 Å².